The smallest absolute Gasteiger partial charge is 0.471 e. The molecule has 654 valence electrons. The van der Waals surface area contributed by atoms with E-state index in [0.717, 1.165) is 0 Å². The van der Waals surface area contributed by atoms with Crippen LogP contribution in [0.25, 0.3) is 0 Å². The number of amides is 8. The molecule has 0 bridgehead atoms. The van der Waals surface area contributed by atoms with E-state index in [4.69, 9.17) is 35.9 Å². The quantitative estimate of drug-likeness (QED) is 0.0245. The zero-order valence-corrected chi connectivity index (χ0v) is 82.2. The Kier molecular flexibility index (Phi) is 32.7. The molecule has 5 rings (SSSR count). The van der Waals surface area contributed by atoms with Gasteiger partial charge in [-0.15, -0.1) is 0 Å². The van der Waals surface area contributed by atoms with E-state index in [1.807, 2.05) is 104 Å². The molecule has 0 spiro atoms. The first-order chi connectivity index (χ1) is 51.7. The fraction of sp³-hybridized carbons (Fsp3) is 0.818. The van der Waals surface area contributed by atoms with Crippen molar-refractivity contribution in [1.82, 2.24) is 46.3 Å². The Labute approximate surface area is 693 Å². The van der Waals surface area contributed by atoms with E-state index in [1.165, 1.54) is 23.5 Å². The molecule has 115 heavy (non-hydrogen) atoms. The van der Waals surface area contributed by atoms with Crippen molar-refractivity contribution in [3.05, 3.63) is 29.8 Å². The minimum Gasteiger partial charge on any atom is -0.544 e. The lowest BCUT2D eigenvalue weighted by molar-refractivity contribution is -0.173. The molecule has 13 atom stereocenters. The van der Waals surface area contributed by atoms with Gasteiger partial charge in [-0.2, -0.15) is 13.2 Å². The predicted octanol–water partition coefficient (Wildman–Crippen LogP) is 11.0. The number of nitrogens with one attached hydrogen (secondary N) is 6. The van der Waals surface area contributed by atoms with E-state index in [0.29, 0.717) is 11.3 Å². The second-order valence-electron chi connectivity index (χ2n) is 41.8. The van der Waals surface area contributed by atoms with Crippen molar-refractivity contribution < 1.29 is 92.4 Å². The number of hydrogen-bond donors (Lipinski definition) is 7. The van der Waals surface area contributed by atoms with Crippen LogP contribution in [-0.2, 0) is 76.2 Å². The second-order valence-corrected chi connectivity index (χ2v) is 70.3. The average molecular weight is 1730 g/mol. The number of carbonyl (C=O) groups is 8. The van der Waals surface area contributed by atoms with E-state index in [9.17, 15) is 27.8 Å². The first kappa shape index (κ1) is 101. The summed E-state index contributed by atoms with van der Waals surface area (Å²) in [7, 11) is -19.3. The van der Waals surface area contributed by atoms with Crippen LogP contribution in [0.5, 0.6) is 5.75 Å². The van der Waals surface area contributed by atoms with Gasteiger partial charge in [0.1, 0.15) is 36.0 Å². The molecule has 1 aromatic rings. The molecule has 4 heterocycles. The number of hydrogen-bond acceptors (Lipinski definition) is 18. The van der Waals surface area contributed by atoms with Gasteiger partial charge < -0.3 is 87.2 Å². The summed E-state index contributed by atoms with van der Waals surface area (Å²) < 4.78 is 95.6. The molecule has 13 unspecified atom stereocenters. The summed E-state index contributed by atoms with van der Waals surface area (Å²) in [5.41, 5.74) is 0.700. The summed E-state index contributed by atoms with van der Waals surface area (Å²) >= 11 is 0. The predicted molar refractivity (Wildman–Crippen MR) is 463 cm³/mol. The van der Waals surface area contributed by atoms with Crippen LogP contribution < -0.4 is 36.2 Å². The minimum atomic E-state index is -5.21. The number of carbonyl (C=O) groups excluding carboxylic acids is 8. The normalized spacial score (nSPS) is 21.3. The van der Waals surface area contributed by atoms with E-state index < -0.39 is 231 Å². The maximum atomic E-state index is 17.0. The lowest BCUT2D eigenvalue weighted by Gasteiger charge is -2.43. The van der Waals surface area contributed by atoms with Crippen LogP contribution in [0.4, 0.5) is 13.2 Å². The fourth-order valence-electron chi connectivity index (χ4n) is 12.3. The van der Waals surface area contributed by atoms with Gasteiger partial charge in [0.05, 0.1) is 55.5 Å². The monoisotopic (exact) mass is 1730 g/mol. The lowest BCUT2D eigenvalue weighted by Crippen LogP contribution is -2.66. The molecule has 4 aliphatic rings. The van der Waals surface area contributed by atoms with E-state index in [1.54, 1.807) is 23.9 Å². The van der Waals surface area contributed by atoms with Crippen LogP contribution >= 0.6 is 0 Å². The van der Waals surface area contributed by atoms with Gasteiger partial charge in [-0.1, -0.05) is 151 Å². The third-order valence-electron chi connectivity index (χ3n) is 26.0. The molecule has 0 radical (unpaired) electrons. The van der Waals surface area contributed by atoms with Crippen molar-refractivity contribution in [3.8, 4) is 5.75 Å². The average Bonchev–Trinajstić information content (AvgIpc) is 1.60. The summed E-state index contributed by atoms with van der Waals surface area (Å²) in [6.45, 7) is 68.9. The highest BCUT2D eigenvalue weighted by molar-refractivity contribution is 6.78. The Morgan fingerprint density at radius 3 is 1.42 bits per heavy atom. The first-order valence-electron chi connectivity index (χ1n) is 41.0. The number of rotatable bonds is 35. The molecule has 0 aromatic heterocycles. The van der Waals surface area contributed by atoms with Crippen molar-refractivity contribution >= 4 is 118 Å². The third-order valence-corrected chi connectivity index (χ3v) is 53.0. The van der Waals surface area contributed by atoms with Crippen LogP contribution in [0.15, 0.2) is 24.3 Å². The third kappa shape index (κ3) is 26.4. The fourth-order valence-corrected chi connectivity index (χ4v) is 20.3. The molecule has 4 aliphatic heterocycles. The van der Waals surface area contributed by atoms with Crippen LogP contribution in [-0.4, -0.2) is 250 Å². The van der Waals surface area contributed by atoms with E-state index in [-0.39, 0.29) is 54.1 Å². The Balaban J connectivity index is 1.82. The molecule has 4 fully saturated rings. The molecule has 4 saturated heterocycles. The highest BCUT2D eigenvalue weighted by Crippen LogP contribution is 2.46. The number of alkyl halides is 3. The summed E-state index contributed by atoms with van der Waals surface area (Å²) in [6, 6.07) is -1.51. The molecular weight excluding hydrogens is 1580 g/mol. The van der Waals surface area contributed by atoms with Gasteiger partial charge in [-0.05, 0) is 154 Å². The van der Waals surface area contributed by atoms with Crippen LogP contribution in [0.1, 0.15) is 164 Å². The molecule has 1 aromatic carbocycles. The summed E-state index contributed by atoms with van der Waals surface area (Å²) in [4.78, 5) is 126. The summed E-state index contributed by atoms with van der Waals surface area (Å²) in [5.74, 6) is -8.55. The van der Waals surface area contributed by atoms with Crippen LogP contribution in [0, 0.1) is 11.8 Å². The van der Waals surface area contributed by atoms with Crippen molar-refractivity contribution in [3.63, 3.8) is 0 Å². The molecule has 7 N–H and O–H groups in total. The van der Waals surface area contributed by atoms with Gasteiger partial charge in [0.15, 0.2) is 41.6 Å². The Hall–Kier alpha value is -4.29. The van der Waals surface area contributed by atoms with Gasteiger partial charge in [-0.3, -0.25) is 38.4 Å². The molecule has 26 nitrogen and oxygen atoms in total. The van der Waals surface area contributed by atoms with Gasteiger partial charge in [0, 0.05) is 38.5 Å². The maximum Gasteiger partial charge on any atom is 0.471 e. The van der Waals surface area contributed by atoms with Gasteiger partial charge in [0.25, 0.3) is 0 Å². The Morgan fingerprint density at radius 2 is 0.991 bits per heavy atom. The number of nitrogens with zero attached hydrogens (tertiary/aromatic N) is 3. The maximum absolute atomic E-state index is 17.0. The number of benzene rings is 1. The first-order valence-corrected chi connectivity index (χ1v) is 58.5. The highest BCUT2D eigenvalue weighted by Gasteiger charge is 2.61. The summed E-state index contributed by atoms with van der Waals surface area (Å²) in [5, 5.41) is 24.8. The van der Waals surface area contributed by atoms with Gasteiger partial charge in [-0.25, -0.2) is 0 Å². The zero-order chi connectivity index (χ0) is 88.6. The molecular formula is C77H145B3F3N9O17Si6. The van der Waals surface area contributed by atoms with Crippen molar-refractivity contribution in [1.29, 1.82) is 0 Å². The second kappa shape index (κ2) is 37.2. The van der Waals surface area contributed by atoms with E-state index >= 15 is 28.8 Å². The largest absolute Gasteiger partial charge is 0.544 e. The van der Waals surface area contributed by atoms with Gasteiger partial charge >= 0.3 is 33.2 Å². The highest BCUT2D eigenvalue weighted by atomic mass is 28.4. The van der Waals surface area contributed by atoms with E-state index in [2.05, 4.69) is 157 Å². The lowest BCUT2D eigenvalue weighted by atomic mass is 9.75. The molecule has 0 aliphatic carbocycles. The number of halogens is 3. The topological polar surface area (TPSA) is 319 Å². The van der Waals surface area contributed by atoms with Crippen LogP contribution in [0.2, 0.25) is 116 Å². The van der Waals surface area contributed by atoms with Crippen molar-refractivity contribution in [2.24, 2.45) is 11.8 Å². The standard InChI is InChI=1S/C77H145B3F3N9O17Si6/c1-48(42-85-70(100)77(81,82)83)63(93)84-43-55(89-78(23)101)64(94)86-58(50(3)104-110(24,25)71(5,6)7)67(97)90-45-54(107-113(30,31)74(14,15)16)41-56(90)65(95)88-60(57(108-114(32,33)75(17,18)19)40-52-36-38-53(39-37-52)106-112(28,29)73(11,12)13)66(96)87-59(51(4)105-111(26,27)72(8,9)10)68(98)91-44-49(2)62(109-115(34,35)76(20,21)22)61(91)69(99)92(79-46-102-79)80-47-103-80/h36-39,48-51,54-62,89,101H,40-47H2,1-35H3,(H,84,93)(H,85,100)(H,86,94)(H,87,96)(H,88,95). The number of likely N-dealkylation sites (tertiary alicyclic amines) is 2. The SMILES string of the molecule is CB(O)NC(CNC(=O)C(C)CNC(=O)C(F)(F)F)C(=O)NC(C(=O)N1CC(O[Si](C)(C)C(C)(C)C)CC1C(=O)NC(C(=O)NC(C(=O)N1CC(C)C(O[Si](C)(C)C(C)(C)C)C1C(=O)N(B1CO1)B1CO1)C(C)O[Si](C)(C)C(C)(C)C)C(Cc1ccc(O[Si](C)(C)C(C)(C)C)cc1)O[Si](C)(C)C(C)(C)C)C(C)O[Si](C)(C)C(C)(C)C. The minimum absolute atomic E-state index is 0.00532. The molecule has 38 heteroatoms. The summed E-state index contributed by atoms with van der Waals surface area (Å²) in [6.07, 6.45) is -10.4. The Bertz CT molecular complexity index is 3550. The molecule has 0 saturated carbocycles. The van der Waals surface area contributed by atoms with Crippen molar-refractivity contribution in [2.75, 3.05) is 39.2 Å². The van der Waals surface area contributed by atoms with Crippen LogP contribution in [0.3, 0.4) is 0 Å². The molecule has 8 amide bonds. The Morgan fingerprint density at radius 1 is 0.565 bits per heavy atom. The van der Waals surface area contributed by atoms with Crippen molar-refractivity contribution in [2.45, 2.75) is 354 Å². The zero-order valence-electron chi connectivity index (χ0n) is 76.2. The van der Waals surface area contributed by atoms with Gasteiger partial charge in [0.2, 0.25) is 49.7 Å².